The summed E-state index contributed by atoms with van der Waals surface area (Å²) in [6, 6.07) is 0. The molecule has 0 fully saturated rings. The molecule has 0 aromatic carbocycles. The first-order valence-corrected chi connectivity index (χ1v) is 4.51. The van der Waals surface area contributed by atoms with E-state index in [1.54, 1.807) is 12.2 Å². The van der Waals surface area contributed by atoms with Crippen LogP contribution in [0.4, 0.5) is 8.78 Å². The molecule has 0 amide bonds. The van der Waals surface area contributed by atoms with Gasteiger partial charge in [0.1, 0.15) is 0 Å². The number of alkyl halides is 2. The second kappa shape index (κ2) is 6.98. The lowest BCUT2D eigenvalue weighted by atomic mass is 10.1. The van der Waals surface area contributed by atoms with E-state index in [2.05, 4.69) is 4.74 Å². The molecule has 0 aliphatic heterocycles. The molecular formula is C10H15F2NO2. The van der Waals surface area contributed by atoms with Gasteiger partial charge in [-0.1, -0.05) is 12.5 Å². The van der Waals surface area contributed by atoms with E-state index < -0.39 is 12.5 Å². The average Bonchev–Trinajstić information content (AvgIpc) is 2.22. The lowest BCUT2D eigenvalue weighted by Gasteiger charge is -2.03. The summed E-state index contributed by atoms with van der Waals surface area (Å²) in [4.78, 5) is 11.2. The first-order chi connectivity index (χ1) is 7.01. The summed E-state index contributed by atoms with van der Waals surface area (Å²) < 4.78 is 28.2. The van der Waals surface area contributed by atoms with E-state index in [4.69, 9.17) is 0 Å². The number of nitrogens with one attached hydrogen (secondary N) is 1. The van der Waals surface area contributed by atoms with Gasteiger partial charge >= 0.3 is 12.5 Å². The molecule has 0 radical (unpaired) electrons. The van der Waals surface area contributed by atoms with Crippen molar-refractivity contribution in [2.24, 2.45) is 0 Å². The highest BCUT2D eigenvalue weighted by molar-refractivity contribution is 5.91. The topological polar surface area (TPSA) is 38.3 Å². The van der Waals surface area contributed by atoms with Gasteiger partial charge in [-0.3, -0.25) is 0 Å². The zero-order valence-electron chi connectivity index (χ0n) is 9.01. The Morgan fingerprint density at radius 1 is 1.53 bits per heavy atom. The highest BCUT2D eigenvalue weighted by Gasteiger charge is 2.07. The van der Waals surface area contributed by atoms with Crippen LogP contribution in [-0.2, 0) is 9.53 Å². The monoisotopic (exact) mass is 219 g/mol. The quantitative estimate of drug-likeness (QED) is 0.333. The van der Waals surface area contributed by atoms with Crippen molar-refractivity contribution in [2.75, 3.05) is 7.11 Å². The van der Waals surface area contributed by atoms with Gasteiger partial charge in [0.25, 0.3) is 0 Å². The van der Waals surface area contributed by atoms with Crippen molar-refractivity contribution in [3.8, 4) is 0 Å². The fraction of sp³-hybridized carbons (Fsp3) is 0.500. The second-order valence-electron chi connectivity index (χ2n) is 2.90. The van der Waals surface area contributed by atoms with Crippen molar-refractivity contribution in [3.63, 3.8) is 0 Å². The number of ether oxygens (including phenoxy) is 1. The number of carbonyl (C=O) groups is 1. The summed E-state index contributed by atoms with van der Waals surface area (Å²) in [7, 11) is 1.20. The van der Waals surface area contributed by atoms with Crippen LogP contribution in [0.1, 0.15) is 20.3 Å². The Labute approximate surface area is 87.8 Å². The van der Waals surface area contributed by atoms with Crippen LogP contribution >= 0.6 is 0 Å². The van der Waals surface area contributed by atoms with Gasteiger partial charge in [0, 0.05) is 6.20 Å². The first-order valence-electron chi connectivity index (χ1n) is 4.51. The number of hydrogen-bond acceptors (Lipinski definition) is 3. The van der Waals surface area contributed by atoms with Crippen LogP contribution < -0.4 is 5.32 Å². The van der Waals surface area contributed by atoms with Crippen LogP contribution in [0, 0.1) is 0 Å². The van der Waals surface area contributed by atoms with Crippen molar-refractivity contribution < 1.29 is 18.3 Å². The van der Waals surface area contributed by atoms with E-state index in [1.165, 1.54) is 13.2 Å². The van der Waals surface area contributed by atoms with Gasteiger partial charge in [0.15, 0.2) is 0 Å². The maximum atomic E-state index is 11.9. The van der Waals surface area contributed by atoms with Crippen LogP contribution in [0.15, 0.2) is 23.4 Å². The highest BCUT2D eigenvalue weighted by atomic mass is 19.3. The SMILES string of the molecule is CC/C(C)=C/C(=C\NC(F)F)C(=O)OC. The third kappa shape index (κ3) is 5.83. The van der Waals surface area contributed by atoms with Gasteiger partial charge in [0.2, 0.25) is 0 Å². The standard InChI is InChI=1S/C10H15F2NO2/c1-4-7(2)5-8(9(14)15-3)6-13-10(11)12/h5-6,10,13H,4H2,1-3H3/b7-5+,8-6+. The molecule has 0 aromatic rings. The van der Waals surface area contributed by atoms with E-state index in [0.29, 0.717) is 0 Å². The summed E-state index contributed by atoms with van der Waals surface area (Å²) in [6.45, 7) is 1.01. The molecule has 86 valence electrons. The number of rotatable bonds is 5. The predicted octanol–water partition coefficient (Wildman–Crippen LogP) is 2.21. The van der Waals surface area contributed by atoms with Crippen molar-refractivity contribution in [1.82, 2.24) is 5.32 Å². The van der Waals surface area contributed by atoms with E-state index in [0.717, 1.165) is 18.2 Å². The van der Waals surface area contributed by atoms with Crippen LogP contribution in [0.5, 0.6) is 0 Å². The zero-order valence-corrected chi connectivity index (χ0v) is 9.01. The number of esters is 1. The van der Waals surface area contributed by atoms with Gasteiger partial charge in [0.05, 0.1) is 12.7 Å². The number of methoxy groups -OCH3 is 1. The van der Waals surface area contributed by atoms with Gasteiger partial charge in [-0.05, 0) is 19.4 Å². The van der Waals surface area contributed by atoms with Crippen molar-refractivity contribution in [1.29, 1.82) is 0 Å². The van der Waals surface area contributed by atoms with Gasteiger partial charge in [-0.25, -0.2) is 4.79 Å². The molecule has 0 unspecified atom stereocenters. The fourth-order valence-corrected chi connectivity index (χ4v) is 0.798. The smallest absolute Gasteiger partial charge is 0.339 e. The molecule has 0 aromatic heterocycles. The van der Waals surface area contributed by atoms with Crippen LogP contribution in [0.2, 0.25) is 0 Å². The fourth-order valence-electron chi connectivity index (χ4n) is 0.798. The summed E-state index contributed by atoms with van der Waals surface area (Å²) in [6.07, 6.45) is 3.21. The minimum atomic E-state index is -2.69. The second-order valence-corrected chi connectivity index (χ2v) is 2.90. The summed E-state index contributed by atoms with van der Waals surface area (Å²) in [5.41, 5.74) is 0.986. The molecule has 0 atom stereocenters. The summed E-state index contributed by atoms with van der Waals surface area (Å²) >= 11 is 0. The Hall–Kier alpha value is -1.39. The third-order valence-electron chi connectivity index (χ3n) is 1.75. The normalized spacial score (nSPS) is 12.9. The molecule has 0 saturated heterocycles. The lowest BCUT2D eigenvalue weighted by Crippen LogP contribution is -2.16. The zero-order chi connectivity index (χ0) is 11.8. The highest BCUT2D eigenvalue weighted by Crippen LogP contribution is 2.07. The Kier molecular flexibility index (Phi) is 6.33. The molecule has 15 heavy (non-hydrogen) atoms. The molecular weight excluding hydrogens is 204 g/mol. The molecule has 0 aliphatic carbocycles. The lowest BCUT2D eigenvalue weighted by molar-refractivity contribution is -0.135. The van der Waals surface area contributed by atoms with Gasteiger partial charge in [-0.2, -0.15) is 8.78 Å². The Morgan fingerprint density at radius 2 is 2.13 bits per heavy atom. The van der Waals surface area contributed by atoms with E-state index >= 15 is 0 Å². The number of carbonyl (C=O) groups excluding carboxylic acids is 1. The average molecular weight is 219 g/mol. The molecule has 0 aliphatic rings. The molecule has 0 saturated carbocycles. The maximum absolute atomic E-state index is 11.9. The van der Waals surface area contributed by atoms with Gasteiger partial charge in [-0.15, -0.1) is 0 Å². The maximum Gasteiger partial charge on any atom is 0.339 e. The van der Waals surface area contributed by atoms with Crippen molar-refractivity contribution >= 4 is 5.97 Å². The minimum absolute atomic E-state index is 0.0807. The summed E-state index contributed by atoms with van der Waals surface area (Å²) in [5.74, 6) is -0.643. The molecule has 0 rings (SSSR count). The number of hydrogen-bond donors (Lipinski definition) is 1. The molecule has 0 bridgehead atoms. The first kappa shape index (κ1) is 13.6. The van der Waals surface area contributed by atoms with Gasteiger partial charge < -0.3 is 10.1 Å². The van der Waals surface area contributed by atoms with Crippen LogP contribution in [-0.4, -0.2) is 19.6 Å². The van der Waals surface area contributed by atoms with Crippen molar-refractivity contribution in [3.05, 3.63) is 23.4 Å². The molecule has 5 heteroatoms. The Morgan fingerprint density at radius 3 is 2.53 bits per heavy atom. The molecule has 3 nitrogen and oxygen atoms in total. The third-order valence-corrected chi connectivity index (χ3v) is 1.75. The Bertz CT molecular complexity index is 273. The Balaban J connectivity index is 4.73. The molecule has 1 N–H and O–H groups in total. The minimum Gasteiger partial charge on any atom is -0.465 e. The van der Waals surface area contributed by atoms with E-state index in [1.807, 2.05) is 6.92 Å². The molecule has 0 heterocycles. The number of halogens is 2. The number of allylic oxidation sites excluding steroid dienone is 1. The van der Waals surface area contributed by atoms with Crippen molar-refractivity contribution in [2.45, 2.75) is 26.8 Å². The van der Waals surface area contributed by atoms with E-state index in [9.17, 15) is 13.6 Å². The summed E-state index contributed by atoms with van der Waals surface area (Å²) in [5, 5.41) is 1.75. The van der Waals surface area contributed by atoms with E-state index in [-0.39, 0.29) is 5.57 Å². The largest absolute Gasteiger partial charge is 0.465 e. The predicted molar refractivity (Wildman–Crippen MR) is 53.3 cm³/mol. The van der Waals surface area contributed by atoms with Crippen LogP contribution in [0.25, 0.3) is 0 Å². The van der Waals surface area contributed by atoms with Crippen LogP contribution in [0.3, 0.4) is 0 Å². The molecule has 0 spiro atoms.